The molecular formula is C31H34BrN3O6S. The zero-order chi connectivity index (χ0) is 29.7. The van der Waals surface area contributed by atoms with E-state index in [1.165, 1.54) is 17.0 Å². The summed E-state index contributed by atoms with van der Waals surface area (Å²) in [5.74, 6) is 0.122. The number of anilines is 1. The van der Waals surface area contributed by atoms with Crippen molar-refractivity contribution in [3.8, 4) is 11.5 Å². The van der Waals surface area contributed by atoms with Crippen molar-refractivity contribution in [2.24, 2.45) is 0 Å². The summed E-state index contributed by atoms with van der Waals surface area (Å²) in [4.78, 5) is 29.0. The molecule has 0 bridgehead atoms. The van der Waals surface area contributed by atoms with E-state index in [9.17, 15) is 18.0 Å². The van der Waals surface area contributed by atoms with Gasteiger partial charge in [0.1, 0.15) is 25.8 Å². The van der Waals surface area contributed by atoms with Gasteiger partial charge in [-0.1, -0.05) is 59.1 Å². The smallest absolute Gasteiger partial charge is 0.264 e. The van der Waals surface area contributed by atoms with Crippen LogP contribution in [0.1, 0.15) is 38.2 Å². The van der Waals surface area contributed by atoms with Crippen LogP contribution in [-0.2, 0) is 26.2 Å². The Kier molecular flexibility index (Phi) is 9.37. The van der Waals surface area contributed by atoms with Crippen molar-refractivity contribution in [3.05, 3.63) is 82.8 Å². The van der Waals surface area contributed by atoms with Gasteiger partial charge in [-0.25, -0.2) is 8.42 Å². The monoisotopic (exact) mass is 655 g/mol. The van der Waals surface area contributed by atoms with Gasteiger partial charge in [-0.15, -0.1) is 0 Å². The second-order valence-electron chi connectivity index (χ2n) is 10.5. The van der Waals surface area contributed by atoms with Crippen LogP contribution < -0.4 is 19.1 Å². The molecule has 9 nitrogen and oxygen atoms in total. The molecule has 0 aromatic heterocycles. The van der Waals surface area contributed by atoms with Gasteiger partial charge in [0, 0.05) is 23.1 Å². The van der Waals surface area contributed by atoms with E-state index in [0.717, 1.165) is 40.0 Å². The molecule has 2 aliphatic rings. The summed E-state index contributed by atoms with van der Waals surface area (Å²) in [7, 11) is -4.17. The van der Waals surface area contributed by atoms with Gasteiger partial charge in [0.25, 0.3) is 10.0 Å². The van der Waals surface area contributed by atoms with E-state index in [4.69, 9.17) is 9.47 Å². The zero-order valence-electron chi connectivity index (χ0n) is 23.4. The van der Waals surface area contributed by atoms with Crippen LogP contribution in [0.3, 0.4) is 0 Å². The number of nitrogens with one attached hydrogen (secondary N) is 1. The maximum Gasteiger partial charge on any atom is 0.264 e. The number of carbonyl (C=O) groups excluding carboxylic acids is 2. The van der Waals surface area contributed by atoms with E-state index < -0.39 is 28.5 Å². The fraction of sp³-hybridized carbons (Fsp3) is 0.355. The number of carbonyl (C=O) groups is 2. The Hall–Kier alpha value is -3.57. The third-order valence-electron chi connectivity index (χ3n) is 7.53. The first-order valence-corrected chi connectivity index (χ1v) is 16.3. The Bertz CT molecular complexity index is 1530. The molecule has 42 heavy (non-hydrogen) atoms. The summed E-state index contributed by atoms with van der Waals surface area (Å²) in [6.45, 7) is 2.00. The predicted molar refractivity (Wildman–Crippen MR) is 163 cm³/mol. The fourth-order valence-electron chi connectivity index (χ4n) is 5.24. The van der Waals surface area contributed by atoms with Crippen LogP contribution in [0, 0.1) is 0 Å². The number of ether oxygens (including phenoxy) is 2. The highest BCUT2D eigenvalue weighted by Crippen LogP contribution is 2.36. The molecule has 0 unspecified atom stereocenters. The van der Waals surface area contributed by atoms with Crippen molar-refractivity contribution in [2.45, 2.75) is 56.1 Å². The minimum atomic E-state index is -4.17. The first-order valence-electron chi connectivity index (χ1n) is 14.0. The number of benzene rings is 3. The van der Waals surface area contributed by atoms with E-state index in [1.807, 2.05) is 24.3 Å². The third-order valence-corrected chi connectivity index (χ3v) is 9.82. The number of hydrogen-bond donors (Lipinski definition) is 1. The van der Waals surface area contributed by atoms with E-state index in [2.05, 4.69) is 21.2 Å². The van der Waals surface area contributed by atoms with Gasteiger partial charge in [0.15, 0.2) is 11.5 Å². The van der Waals surface area contributed by atoms with E-state index >= 15 is 0 Å². The molecule has 1 N–H and O–H groups in total. The number of amides is 2. The largest absolute Gasteiger partial charge is 0.486 e. The molecule has 3 aromatic rings. The molecule has 5 rings (SSSR count). The number of rotatable bonds is 10. The molecule has 222 valence electrons. The summed E-state index contributed by atoms with van der Waals surface area (Å²) >= 11 is 3.47. The minimum absolute atomic E-state index is 0.0400. The lowest BCUT2D eigenvalue weighted by atomic mass is 10.1. The number of sulfonamides is 1. The number of nitrogens with zero attached hydrogens (tertiary/aromatic N) is 2. The zero-order valence-corrected chi connectivity index (χ0v) is 25.8. The normalized spacial score (nSPS) is 15.6. The maximum absolute atomic E-state index is 14.1. The van der Waals surface area contributed by atoms with Gasteiger partial charge in [-0.05, 0) is 61.7 Å². The predicted octanol–water partition coefficient (Wildman–Crippen LogP) is 4.89. The van der Waals surface area contributed by atoms with E-state index in [0.29, 0.717) is 24.7 Å². The van der Waals surface area contributed by atoms with Crippen molar-refractivity contribution in [1.82, 2.24) is 10.2 Å². The Labute approximate surface area is 255 Å². The van der Waals surface area contributed by atoms with Gasteiger partial charge < -0.3 is 19.7 Å². The van der Waals surface area contributed by atoms with Crippen molar-refractivity contribution < 1.29 is 27.5 Å². The Morgan fingerprint density at radius 3 is 2.38 bits per heavy atom. The van der Waals surface area contributed by atoms with Crippen LogP contribution in [0.4, 0.5) is 5.69 Å². The average molecular weight is 657 g/mol. The highest BCUT2D eigenvalue weighted by Gasteiger charge is 2.34. The lowest BCUT2D eigenvalue weighted by Gasteiger charge is -2.32. The van der Waals surface area contributed by atoms with Crippen LogP contribution in [0.25, 0.3) is 0 Å². The topological polar surface area (TPSA) is 105 Å². The maximum atomic E-state index is 14.1. The summed E-state index contributed by atoms with van der Waals surface area (Å²) in [6, 6.07) is 19.5. The molecule has 1 atom stereocenters. The molecule has 1 aliphatic heterocycles. The van der Waals surface area contributed by atoms with Crippen molar-refractivity contribution >= 4 is 43.5 Å². The summed E-state index contributed by atoms with van der Waals surface area (Å²) in [6.07, 6.45) is 3.93. The second-order valence-corrected chi connectivity index (χ2v) is 13.2. The van der Waals surface area contributed by atoms with Crippen molar-refractivity contribution in [1.29, 1.82) is 0 Å². The molecule has 0 radical (unpaired) electrons. The van der Waals surface area contributed by atoms with Gasteiger partial charge in [-0.2, -0.15) is 0 Å². The summed E-state index contributed by atoms with van der Waals surface area (Å²) < 4.78 is 41.2. The lowest BCUT2D eigenvalue weighted by molar-refractivity contribution is -0.139. The Morgan fingerprint density at radius 1 is 0.952 bits per heavy atom. The van der Waals surface area contributed by atoms with E-state index in [-0.39, 0.29) is 29.1 Å². The number of halogens is 1. The number of fused-ring (bicyclic) bond motifs is 1. The first kappa shape index (κ1) is 29.9. The van der Waals surface area contributed by atoms with Gasteiger partial charge in [0.2, 0.25) is 11.8 Å². The molecule has 2 amide bonds. The fourth-order valence-corrected chi connectivity index (χ4v) is 7.12. The van der Waals surface area contributed by atoms with Crippen molar-refractivity contribution in [2.75, 3.05) is 24.1 Å². The highest BCUT2D eigenvalue weighted by molar-refractivity contribution is 9.10. The molecule has 1 saturated carbocycles. The van der Waals surface area contributed by atoms with Crippen LogP contribution in [0.2, 0.25) is 0 Å². The molecule has 11 heteroatoms. The van der Waals surface area contributed by atoms with Crippen LogP contribution >= 0.6 is 15.9 Å². The third kappa shape index (κ3) is 6.90. The molecule has 1 heterocycles. The lowest BCUT2D eigenvalue weighted by Crippen LogP contribution is -2.52. The molecule has 1 fully saturated rings. The average Bonchev–Trinajstić information content (AvgIpc) is 3.51. The van der Waals surface area contributed by atoms with Crippen molar-refractivity contribution in [3.63, 3.8) is 0 Å². The van der Waals surface area contributed by atoms with Gasteiger partial charge >= 0.3 is 0 Å². The molecule has 0 saturated heterocycles. The van der Waals surface area contributed by atoms with Crippen LogP contribution in [0.5, 0.6) is 11.5 Å². The molecular weight excluding hydrogens is 622 g/mol. The SMILES string of the molecule is C[C@@H](C(=O)NC1CCCC1)N(Cc1cccc(Br)c1)C(=O)CN(c1ccc2c(c1)OCCO2)S(=O)(=O)c1ccccc1. The second kappa shape index (κ2) is 13.2. The standard InChI is InChI=1S/C31H34BrN3O6S/c1-22(31(37)33-25-10-5-6-11-25)34(20-23-8-7-9-24(32)18-23)30(36)21-35(42(38,39)27-12-3-2-4-13-27)26-14-15-28-29(19-26)41-17-16-40-28/h2-4,7-9,12-15,18-19,22,25H,5-6,10-11,16-17,20-21H2,1H3,(H,33,37)/t22-/m0/s1. The molecule has 3 aromatic carbocycles. The quantitative estimate of drug-likeness (QED) is 0.333. The van der Waals surface area contributed by atoms with Crippen LogP contribution in [-0.4, -0.2) is 57.0 Å². The minimum Gasteiger partial charge on any atom is -0.486 e. The highest BCUT2D eigenvalue weighted by atomic mass is 79.9. The van der Waals surface area contributed by atoms with E-state index in [1.54, 1.807) is 43.3 Å². The Balaban J connectivity index is 1.49. The molecule has 0 spiro atoms. The van der Waals surface area contributed by atoms with Gasteiger partial charge in [-0.3, -0.25) is 13.9 Å². The summed E-state index contributed by atoms with van der Waals surface area (Å²) in [5.41, 5.74) is 1.05. The van der Waals surface area contributed by atoms with Crippen LogP contribution in [0.15, 0.2) is 82.2 Å². The first-order chi connectivity index (χ1) is 20.2. The van der Waals surface area contributed by atoms with Gasteiger partial charge in [0.05, 0.1) is 10.6 Å². The number of hydrogen-bond acceptors (Lipinski definition) is 6. The molecule has 1 aliphatic carbocycles. The summed E-state index contributed by atoms with van der Waals surface area (Å²) in [5, 5.41) is 3.08. The Morgan fingerprint density at radius 2 is 1.67 bits per heavy atom.